The number of hydrogen-bond donors (Lipinski definition) is 1. The lowest BCUT2D eigenvalue weighted by Crippen LogP contribution is -2.28. The zero-order valence-corrected chi connectivity index (χ0v) is 10.3. The number of rotatable bonds is 5. The van der Waals surface area contributed by atoms with E-state index in [-0.39, 0.29) is 0 Å². The minimum absolute atomic E-state index is 0.775. The maximum Gasteiger partial charge on any atom is 0.122 e. The molecule has 90 valence electrons. The Morgan fingerprint density at radius 2 is 2.19 bits per heavy atom. The van der Waals surface area contributed by atoms with Gasteiger partial charge >= 0.3 is 0 Å². The van der Waals surface area contributed by atoms with Crippen LogP contribution >= 0.6 is 0 Å². The Morgan fingerprint density at radius 1 is 1.44 bits per heavy atom. The topological polar surface area (TPSA) is 28.4 Å². The van der Waals surface area contributed by atoms with E-state index in [0.29, 0.717) is 0 Å². The van der Waals surface area contributed by atoms with Gasteiger partial charge < -0.3 is 9.73 Å². The van der Waals surface area contributed by atoms with E-state index in [9.17, 15) is 0 Å². The van der Waals surface area contributed by atoms with Crippen molar-refractivity contribution >= 4 is 0 Å². The molecule has 0 aromatic carbocycles. The number of nitrogens with one attached hydrogen (secondary N) is 1. The minimum atomic E-state index is 0.775. The third-order valence-corrected chi connectivity index (χ3v) is 3.54. The summed E-state index contributed by atoms with van der Waals surface area (Å²) in [6, 6.07) is 2.87. The Labute approximate surface area is 97.8 Å². The highest BCUT2D eigenvalue weighted by Gasteiger charge is 2.20. The standard InChI is InChI=1S/C13H22N2O/c1-14-9-13-11(7-8-16-13)10-15(2)12-5-3-4-6-12/h7-8,12,14H,3-6,9-10H2,1-2H3. The van der Waals surface area contributed by atoms with Crippen LogP contribution in [0, 0.1) is 0 Å². The Balaban J connectivity index is 1.94. The molecule has 1 N–H and O–H groups in total. The molecule has 0 saturated heterocycles. The Bertz CT molecular complexity index is 315. The fraction of sp³-hybridized carbons (Fsp3) is 0.692. The summed E-state index contributed by atoms with van der Waals surface area (Å²) in [5.41, 5.74) is 1.32. The maximum absolute atomic E-state index is 5.48. The molecule has 0 spiro atoms. The van der Waals surface area contributed by atoms with Crippen molar-refractivity contribution in [2.24, 2.45) is 0 Å². The van der Waals surface area contributed by atoms with Crippen molar-refractivity contribution in [1.82, 2.24) is 10.2 Å². The van der Waals surface area contributed by atoms with Crippen LogP contribution in [-0.4, -0.2) is 25.0 Å². The first-order valence-electron chi connectivity index (χ1n) is 6.21. The summed E-state index contributed by atoms with van der Waals surface area (Å²) in [7, 11) is 4.18. The van der Waals surface area contributed by atoms with E-state index in [1.807, 2.05) is 7.05 Å². The van der Waals surface area contributed by atoms with Crippen molar-refractivity contribution in [3.05, 3.63) is 23.7 Å². The average Bonchev–Trinajstić information content (AvgIpc) is 2.90. The van der Waals surface area contributed by atoms with Gasteiger partial charge in [-0.3, -0.25) is 4.90 Å². The van der Waals surface area contributed by atoms with Gasteiger partial charge in [-0.05, 0) is 33.0 Å². The molecule has 0 bridgehead atoms. The summed E-state index contributed by atoms with van der Waals surface area (Å²) in [6.07, 6.45) is 7.30. The Morgan fingerprint density at radius 3 is 2.88 bits per heavy atom. The zero-order valence-electron chi connectivity index (χ0n) is 10.3. The third-order valence-electron chi connectivity index (χ3n) is 3.54. The van der Waals surface area contributed by atoms with Crippen LogP contribution in [0.15, 0.2) is 16.7 Å². The van der Waals surface area contributed by atoms with Crippen LogP contribution in [0.1, 0.15) is 37.0 Å². The van der Waals surface area contributed by atoms with Crippen molar-refractivity contribution in [3.63, 3.8) is 0 Å². The van der Waals surface area contributed by atoms with Gasteiger partial charge in [0.05, 0.1) is 12.8 Å². The maximum atomic E-state index is 5.48. The Hall–Kier alpha value is -0.800. The second-order valence-corrected chi connectivity index (χ2v) is 4.75. The second kappa shape index (κ2) is 5.51. The first-order valence-corrected chi connectivity index (χ1v) is 6.21. The summed E-state index contributed by atoms with van der Waals surface area (Å²) in [4.78, 5) is 2.47. The first-order chi connectivity index (χ1) is 7.81. The van der Waals surface area contributed by atoms with E-state index in [1.165, 1.54) is 31.2 Å². The molecule has 1 aliphatic rings. The van der Waals surface area contributed by atoms with Crippen LogP contribution in [0.5, 0.6) is 0 Å². The summed E-state index contributed by atoms with van der Waals surface area (Å²) < 4.78 is 5.48. The zero-order chi connectivity index (χ0) is 11.4. The number of furan rings is 1. The van der Waals surface area contributed by atoms with Gasteiger partial charge in [-0.2, -0.15) is 0 Å². The predicted octanol–water partition coefficient (Wildman–Crippen LogP) is 2.37. The monoisotopic (exact) mass is 222 g/mol. The smallest absolute Gasteiger partial charge is 0.122 e. The van der Waals surface area contributed by atoms with Gasteiger partial charge in [-0.15, -0.1) is 0 Å². The molecule has 16 heavy (non-hydrogen) atoms. The third kappa shape index (κ3) is 2.66. The largest absolute Gasteiger partial charge is 0.468 e. The summed E-state index contributed by atoms with van der Waals surface area (Å²) in [5, 5.41) is 3.14. The molecule has 3 nitrogen and oxygen atoms in total. The van der Waals surface area contributed by atoms with E-state index in [4.69, 9.17) is 4.42 Å². The molecule has 1 aromatic heterocycles. The van der Waals surface area contributed by atoms with Crippen molar-refractivity contribution < 1.29 is 4.42 Å². The van der Waals surface area contributed by atoms with Crippen molar-refractivity contribution in [3.8, 4) is 0 Å². The van der Waals surface area contributed by atoms with E-state index < -0.39 is 0 Å². The molecule has 1 fully saturated rings. The predicted molar refractivity (Wildman–Crippen MR) is 65.2 cm³/mol. The SMILES string of the molecule is CNCc1occc1CN(C)C1CCCC1. The average molecular weight is 222 g/mol. The van der Waals surface area contributed by atoms with Gasteiger partial charge in [0.1, 0.15) is 5.76 Å². The molecule has 1 aromatic rings. The summed E-state index contributed by atoms with van der Waals surface area (Å²) in [6.45, 7) is 1.83. The van der Waals surface area contributed by atoms with E-state index in [2.05, 4.69) is 23.3 Å². The van der Waals surface area contributed by atoms with Gasteiger partial charge in [0.25, 0.3) is 0 Å². The minimum Gasteiger partial charge on any atom is -0.468 e. The van der Waals surface area contributed by atoms with Crippen LogP contribution in [0.4, 0.5) is 0 Å². The lowest BCUT2D eigenvalue weighted by molar-refractivity contribution is 0.235. The lowest BCUT2D eigenvalue weighted by atomic mass is 10.2. The highest BCUT2D eigenvalue weighted by atomic mass is 16.3. The van der Waals surface area contributed by atoms with Crippen molar-refractivity contribution in [2.75, 3.05) is 14.1 Å². The lowest BCUT2D eigenvalue weighted by Gasteiger charge is -2.23. The van der Waals surface area contributed by atoms with Gasteiger partial charge in [0, 0.05) is 18.2 Å². The normalized spacial score (nSPS) is 17.4. The molecule has 1 heterocycles. The quantitative estimate of drug-likeness (QED) is 0.829. The van der Waals surface area contributed by atoms with Crippen molar-refractivity contribution in [2.45, 2.75) is 44.8 Å². The van der Waals surface area contributed by atoms with Gasteiger partial charge in [0.15, 0.2) is 0 Å². The summed E-state index contributed by atoms with van der Waals surface area (Å²) in [5.74, 6) is 1.08. The van der Waals surface area contributed by atoms with Gasteiger partial charge in [0.2, 0.25) is 0 Å². The Kier molecular flexibility index (Phi) is 4.02. The van der Waals surface area contributed by atoms with Crippen LogP contribution in [0.3, 0.4) is 0 Å². The van der Waals surface area contributed by atoms with E-state index >= 15 is 0 Å². The van der Waals surface area contributed by atoms with Crippen LogP contribution in [-0.2, 0) is 13.1 Å². The van der Waals surface area contributed by atoms with Gasteiger partial charge in [-0.1, -0.05) is 12.8 Å². The molecule has 3 heteroatoms. The van der Waals surface area contributed by atoms with Crippen LogP contribution < -0.4 is 5.32 Å². The molecular weight excluding hydrogens is 200 g/mol. The van der Waals surface area contributed by atoms with E-state index in [0.717, 1.165) is 24.9 Å². The van der Waals surface area contributed by atoms with Crippen molar-refractivity contribution in [1.29, 1.82) is 0 Å². The fourth-order valence-corrected chi connectivity index (χ4v) is 2.57. The van der Waals surface area contributed by atoms with Crippen LogP contribution in [0.2, 0.25) is 0 Å². The highest BCUT2D eigenvalue weighted by Crippen LogP contribution is 2.24. The molecule has 1 saturated carbocycles. The van der Waals surface area contributed by atoms with E-state index in [1.54, 1.807) is 6.26 Å². The first kappa shape index (κ1) is 11.7. The molecule has 2 rings (SSSR count). The fourth-order valence-electron chi connectivity index (χ4n) is 2.57. The summed E-state index contributed by atoms with van der Waals surface area (Å²) >= 11 is 0. The molecule has 0 radical (unpaired) electrons. The molecule has 0 aliphatic heterocycles. The second-order valence-electron chi connectivity index (χ2n) is 4.75. The molecule has 0 unspecified atom stereocenters. The molecule has 1 aliphatic carbocycles. The number of nitrogens with zero attached hydrogens (tertiary/aromatic N) is 1. The highest BCUT2D eigenvalue weighted by molar-refractivity contribution is 5.16. The van der Waals surface area contributed by atoms with Gasteiger partial charge in [-0.25, -0.2) is 0 Å². The number of hydrogen-bond acceptors (Lipinski definition) is 3. The molecular formula is C13H22N2O. The van der Waals surface area contributed by atoms with Crippen LogP contribution in [0.25, 0.3) is 0 Å². The molecule has 0 atom stereocenters. The molecule has 0 amide bonds.